The van der Waals surface area contributed by atoms with Gasteiger partial charge in [-0.05, 0) is 0 Å². The van der Waals surface area contributed by atoms with Crippen LogP contribution in [-0.2, 0) is 33.9 Å². The van der Waals surface area contributed by atoms with Crippen LogP contribution < -0.4 is 0 Å². The summed E-state index contributed by atoms with van der Waals surface area (Å²) < 4.78 is 22.5. The number of ether oxygens (including phenoxy) is 4. The molecule has 0 fully saturated rings. The van der Waals surface area contributed by atoms with E-state index in [1.54, 1.807) is 0 Å². The van der Waals surface area contributed by atoms with Crippen molar-refractivity contribution >= 4 is 18.9 Å². The normalized spacial score (nSPS) is 14.8. The molecule has 4 nitrogen and oxygen atoms in total. The quantitative estimate of drug-likeness (QED) is 0.0478. The van der Waals surface area contributed by atoms with E-state index in [2.05, 4.69) is 56.5 Å². The van der Waals surface area contributed by atoms with E-state index in [1.807, 2.05) is 0 Å². The minimum atomic E-state index is 0. The summed E-state index contributed by atoms with van der Waals surface area (Å²) in [5, 5.41) is 0. The van der Waals surface area contributed by atoms with Crippen molar-refractivity contribution in [2.24, 2.45) is 11.8 Å². The van der Waals surface area contributed by atoms with E-state index in [-0.39, 0.29) is 18.9 Å². The molecule has 4 atom stereocenters. The summed E-state index contributed by atoms with van der Waals surface area (Å²) in [6.07, 6.45) is 20.2. The van der Waals surface area contributed by atoms with Crippen LogP contribution in [0, 0.1) is 11.8 Å². The van der Waals surface area contributed by atoms with E-state index in [0.29, 0.717) is 23.2 Å². The second kappa shape index (κ2) is 32.5. The molecule has 0 aromatic rings. The van der Waals surface area contributed by atoms with Gasteiger partial charge in [0, 0.05) is 18.9 Å². The third kappa shape index (κ3) is 31.5. The van der Waals surface area contributed by atoms with Crippen LogP contribution in [0.5, 0.6) is 0 Å². The molecular weight excluding hydrogens is 519 g/mol. The Balaban J connectivity index is 0. The van der Waals surface area contributed by atoms with Gasteiger partial charge in [0.25, 0.3) is 0 Å². The van der Waals surface area contributed by atoms with Gasteiger partial charge in [0.2, 0.25) is 0 Å². The van der Waals surface area contributed by atoms with Gasteiger partial charge in [0.15, 0.2) is 0 Å². The molecule has 0 saturated heterocycles. The first-order chi connectivity index (χ1) is 18.0. The van der Waals surface area contributed by atoms with Gasteiger partial charge in [-0.2, -0.15) is 0 Å². The molecule has 0 aliphatic rings. The van der Waals surface area contributed by atoms with Gasteiger partial charge in [-0.15, -0.1) is 0 Å². The Hall–Kier alpha value is 0.957. The maximum atomic E-state index is 5.66. The van der Waals surface area contributed by atoms with Crippen molar-refractivity contribution in [1.82, 2.24) is 0 Å². The summed E-state index contributed by atoms with van der Waals surface area (Å²) in [5.74, 6) is 1.51. The van der Waals surface area contributed by atoms with Crippen LogP contribution in [0.4, 0.5) is 0 Å². The topological polar surface area (TPSA) is 36.9 Å². The van der Waals surface area contributed by atoms with E-state index >= 15 is 0 Å². The molecule has 0 bridgehead atoms. The van der Waals surface area contributed by atoms with Gasteiger partial charge >= 0.3 is 187 Å². The third-order valence-corrected chi connectivity index (χ3v) is 8.37. The fourth-order valence-electron chi connectivity index (χ4n) is 4.69. The summed E-state index contributed by atoms with van der Waals surface area (Å²) in [5.41, 5.74) is 0. The molecular formula is C32H66CuLiO4. The van der Waals surface area contributed by atoms with Crippen LogP contribution in [0.25, 0.3) is 0 Å². The van der Waals surface area contributed by atoms with E-state index in [9.17, 15) is 0 Å². The molecule has 0 N–H and O–H groups in total. The molecule has 0 aromatic heterocycles. The monoisotopic (exact) mass is 584 g/mol. The molecule has 6 heteroatoms. The minimum Gasteiger partial charge on any atom is -0.0654 e. The van der Waals surface area contributed by atoms with Crippen molar-refractivity contribution in [3.8, 4) is 0 Å². The summed E-state index contributed by atoms with van der Waals surface area (Å²) in [4.78, 5) is 1.42. The number of hydrogen-bond acceptors (Lipinski definition) is 4. The zero-order chi connectivity index (χ0) is 27.4. The Labute approximate surface area is 257 Å². The number of hydrogen-bond donors (Lipinski definition) is 0. The van der Waals surface area contributed by atoms with Crippen molar-refractivity contribution in [2.45, 2.75) is 154 Å². The molecule has 0 spiro atoms. The molecule has 38 heavy (non-hydrogen) atoms. The van der Waals surface area contributed by atoms with Crippen LogP contribution >= 0.6 is 0 Å². The standard InChI is InChI=1S/2C16H33O2.Cu.Li/c2*1-4-6-7-8-9-13-17-15-18-14-10-12-16(3)11-5-2;;/h2*5,16H,4,6-15H2,1-3H3;;. The summed E-state index contributed by atoms with van der Waals surface area (Å²) >= 11 is 2.28. The molecule has 0 aliphatic carbocycles. The predicted octanol–water partition coefficient (Wildman–Crippen LogP) is 9.84. The van der Waals surface area contributed by atoms with E-state index in [4.69, 9.17) is 18.9 Å². The van der Waals surface area contributed by atoms with Crippen molar-refractivity contribution in [1.29, 1.82) is 0 Å². The van der Waals surface area contributed by atoms with E-state index in [0.717, 1.165) is 63.9 Å². The van der Waals surface area contributed by atoms with Crippen LogP contribution in [0.1, 0.15) is 144 Å². The third-order valence-electron chi connectivity index (χ3n) is 6.85. The predicted molar refractivity (Wildman–Crippen MR) is 162 cm³/mol. The van der Waals surface area contributed by atoms with Crippen LogP contribution in [0.15, 0.2) is 0 Å². The van der Waals surface area contributed by atoms with Gasteiger partial charge in [-0.1, -0.05) is 52.4 Å². The Bertz CT molecular complexity index is 406. The Morgan fingerprint density at radius 2 is 0.816 bits per heavy atom. The molecule has 230 valence electrons. The van der Waals surface area contributed by atoms with Crippen molar-refractivity contribution in [2.75, 3.05) is 40.0 Å². The smallest absolute Gasteiger partial charge is 0.0654 e. The van der Waals surface area contributed by atoms with E-state index < -0.39 is 0 Å². The summed E-state index contributed by atoms with van der Waals surface area (Å²) in [7, 11) is 0. The molecule has 0 heterocycles. The number of unbranched alkanes of at least 4 members (excludes halogenated alkanes) is 8. The second-order valence-electron chi connectivity index (χ2n) is 11.2. The van der Waals surface area contributed by atoms with Gasteiger partial charge in [0.05, 0.1) is 0 Å². The van der Waals surface area contributed by atoms with Crippen molar-refractivity contribution in [3.05, 3.63) is 0 Å². The summed E-state index contributed by atoms with van der Waals surface area (Å²) in [6.45, 7) is 18.3. The molecule has 0 rings (SSSR count). The van der Waals surface area contributed by atoms with Gasteiger partial charge in [0.1, 0.15) is 0 Å². The fourth-order valence-corrected chi connectivity index (χ4v) is 6.62. The molecule has 0 aromatic carbocycles. The fraction of sp³-hybridized carbons (Fsp3) is 1.00. The van der Waals surface area contributed by atoms with Crippen molar-refractivity contribution < 1.29 is 33.9 Å². The molecule has 0 aliphatic heterocycles. The average Bonchev–Trinajstić information content (AvgIpc) is 2.85. The van der Waals surface area contributed by atoms with Crippen LogP contribution in [0.2, 0.25) is 9.63 Å². The first-order valence-electron chi connectivity index (χ1n) is 15.8. The summed E-state index contributed by atoms with van der Waals surface area (Å²) in [6, 6.07) is 0. The van der Waals surface area contributed by atoms with Gasteiger partial charge in [-0.25, -0.2) is 0 Å². The number of rotatable bonds is 30. The Morgan fingerprint density at radius 1 is 0.474 bits per heavy atom. The molecule has 1 radical (unpaired) electrons. The minimum absolute atomic E-state index is 0. The molecule has 4 unspecified atom stereocenters. The SMILES string of the molecule is CCCCCCCOCOCCCC(C)C[CH](C)[Cu][CH](C)CC(C)CCCOCOCCCCCCC.[Li]. The second-order valence-corrected chi connectivity index (χ2v) is 13.3. The molecule has 0 amide bonds. The van der Waals surface area contributed by atoms with Crippen molar-refractivity contribution in [3.63, 3.8) is 0 Å². The van der Waals surface area contributed by atoms with Gasteiger partial charge in [-0.3, -0.25) is 0 Å². The first kappa shape index (κ1) is 41.1. The zero-order valence-corrected chi connectivity index (χ0v) is 27.7. The Kier molecular flexibility index (Phi) is 35.1. The van der Waals surface area contributed by atoms with Crippen LogP contribution in [-0.4, -0.2) is 58.9 Å². The first-order valence-corrected chi connectivity index (χ1v) is 16.9. The van der Waals surface area contributed by atoms with Gasteiger partial charge < -0.3 is 0 Å². The zero-order valence-electron chi connectivity index (χ0n) is 26.8. The maximum absolute atomic E-state index is 5.66. The van der Waals surface area contributed by atoms with E-state index in [1.165, 1.54) is 77.0 Å². The average molecular weight is 585 g/mol. The van der Waals surface area contributed by atoms with Crippen LogP contribution in [0.3, 0.4) is 0 Å². The Morgan fingerprint density at radius 3 is 1.18 bits per heavy atom. The molecule has 0 saturated carbocycles.